The molecule has 0 bridgehead atoms. The molecule has 0 atom stereocenters. The van der Waals surface area contributed by atoms with Crippen molar-refractivity contribution in [3.63, 3.8) is 0 Å². The number of fused-ring (bicyclic) bond motifs is 1. The van der Waals surface area contributed by atoms with Gasteiger partial charge in [-0.15, -0.1) is 0 Å². The molecule has 24 heavy (non-hydrogen) atoms. The van der Waals surface area contributed by atoms with E-state index in [-0.39, 0.29) is 0 Å². The lowest BCUT2D eigenvalue weighted by molar-refractivity contribution is 0.324. The van der Waals surface area contributed by atoms with Gasteiger partial charge in [-0.25, -0.2) is 0 Å². The van der Waals surface area contributed by atoms with Crippen LogP contribution in [0.2, 0.25) is 0 Å². The van der Waals surface area contributed by atoms with Crippen molar-refractivity contribution in [1.29, 1.82) is 0 Å². The Bertz CT molecular complexity index is 871. The van der Waals surface area contributed by atoms with Gasteiger partial charge in [0.1, 0.15) is 0 Å². The second kappa shape index (κ2) is 6.67. The molecule has 0 spiro atoms. The van der Waals surface area contributed by atoms with Crippen molar-refractivity contribution in [1.82, 2.24) is 0 Å². The fourth-order valence-corrected chi connectivity index (χ4v) is 2.80. The van der Waals surface area contributed by atoms with Crippen molar-refractivity contribution in [3.05, 3.63) is 72.3 Å². The molecule has 0 aliphatic carbocycles. The molecule has 0 heterocycles. The Kier molecular flexibility index (Phi) is 4.43. The Morgan fingerprint density at radius 3 is 1.92 bits per heavy atom. The van der Waals surface area contributed by atoms with Crippen LogP contribution in [0.25, 0.3) is 16.3 Å². The largest absolute Gasteiger partial charge is 0.493 e. The third-order valence-electron chi connectivity index (χ3n) is 4.11. The molecule has 0 fully saturated rings. The maximum Gasteiger partial charge on any atom is 0.203 e. The SMILES string of the molecule is C=C(c1cc(OC)c(OC)c(OC)c1)c1ccc2ccccc2c1. The summed E-state index contributed by atoms with van der Waals surface area (Å²) in [6, 6.07) is 18.4. The number of hydrogen-bond acceptors (Lipinski definition) is 3. The van der Waals surface area contributed by atoms with E-state index in [4.69, 9.17) is 14.2 Å². The van der Waals surface area contributed by atoms with Crippen LogP contribution in [0.3, 0.4) is 0 Å². The fraction of sp³-hybridized carbons (Fsp3) is 0.143. The fourth-order valence-electron chi connectivity index (χ4n) is 2.80. The molecule has 3 aromatic carbocycles. The smallest absolute Gasteiger partial charge is 0.203 e. The highest BCUT2D eigenvalue weighted by Gasteiger charge is 2.15. The van der Waals surface area contributed by atoms with E-state index in [1.165, 1.54) is 10.8 Å². The number of methoxy groups -OCH3 is 3. The molecule has 0 amide bonds. The van der Waals surface area contributed by atoms with E-state index in [1.807, 2.05) is 24.3 Å². The predicted molar refractivity (Wildman–Crippen MR) is 98.2 cm³/mol. The summed E-state index contributed by atoms with van der Waals surface area (Å²) in [5.74, 6) is 1.82. The van der Waals surface area contributed by atoms with Crippen molar-refractivity contribution in [2.24, 2.45) is 0 Å². The minimum atomic E-state index is 0.579. The quantitative estimate of drug-likeness (QED) is 0.667. The van der Waals surface area contributed by atoms with Crippen LogP contribution in [0.1, 0.15) is 11.1 Å². The summed E-state index contributed by atoms with van der Waals surface area (Å²) in [4.78, 5) is 0. The molecule has 0 saturated carbocycles. The van der Waals surface area contributed by atoms with Gasteiger partial charge in [-0.1, -0.05) is 43.0 Å². The Labute approximate surface area is 142 Å². The van der Waals surface area contributed by atoms with E-state index in [2.05, 4.69) is 36.9 Å². The first-order valence-corrected chi connectivity index (χ1v) is 7.66. The monoisotopic (exact) mass is 320 g/mol. The van der Waals surface area contributed by atoms with E-state index in [0.717, 1.165) is 16.7 Å². The van der Waals surface area contributed by atoms with Crippen LogP contribution in [0, 0.1) is 0 Å². The minimum absolute atomic E-state index is 0.579. The Hall–Kier alpha value is -2.94. The van der Waals surface area contributed by atoms with Crippen LogP contribution in [0.4, 0.5) is 0 Å². The van der Waals surface area contributed by atoms with E-state index < -0.39 is 0 Å². The van der Waals surface area contributed by atoms with Gasteiger partial charge < -0.3 is 14.2 Å². The van der Waals surface area contributed by atoms with Gasteiger partial charge in [-0.3, -0.25) is 0 Å². The van der Waals surface area contributed by atoms with Crippen LogP contribution in [-0.4, -0.2) is 21.3 Å². The van der Waals surface area contributed by atoms with E-state index in [1.54, 1.807) is 21.3 Å². The summed E-state index contributed by atoms with van der Waals surface area (Å²) >= 11 is 0. The summed E-state index contributed by atoms with van der Waals surface area (Å²) in [6.07, 6.45) is 0. The Balaban J connectivity index is 2.08. The average Bonchev–Trinajstić information content (AvgIpc) is 2.65. The number of hydrogen-bond donors (Lipinski definition) is 0. The zero-order chi connectivity index (χ0) is 17.1. The summed E-state index contributed by atoms with van der Waals surface area (Å²) in [5, 5.41) is 2.39. The van der Waals surface area contributed by atoms with Gasteiger partial charge in [0.2, 0.25) is 5.75 Å². The lowest BCUT2D eigenvalue weighted by Gasteiger charge is -2.15. The van der Waals surface area contributed by atoms with Gasteiger partial charge in [-0.05, 0) is 45.7 Å². The highest BCUT2D eigenvalue weighted by Crippen LogP contribution is 2.40. The van der Waals surface area contributed by atoms with Gasteiger partial charge in [0.15, 0.2) is 11.5 Å². The van der Waals surface area contributed by atoms with E-state index >= 15 is 0 Å². The number of benzene rings is 3. The van der Waals surface area contributed by atoms with E-state index in [0.29, 0.717) is 17.2 Å². The molecule has 0 radical (unpaired) electrons. The molecule has 0 unspecified atom stereocenters. The van der Waals surface area contributed by atoms with Crippen molar-refractivity contribution in [3.8, 4) is 17.2 Å². The van der Waals surface area contributed by atoms with Gasteiger partial charge in [0.25, 0.3) is 0 Å². The molecule has 3 nitrogen and oxygen atoms in total. The average molecular weight is 320 g/mol. The molecule has 3 heteroatoms. The molecular formula is C21H20O3. The lowest BCUT2D eigenvalue weighted by Crippen LogP contribution is -1.97. The third-order valence-corrected chi connectivity index (χ3v) is 4.11. The number of rotatable bonds is 5. The van der Waals surface area contributed by atoms with Gasteiger partial charge in [0.05, 0.1) is 21.3 Å². The van der Waals surface area contributed by atoms with Crippen molar-refractivity contribution in [2.45, 2.75) is 0 Å². The molecule has 122 valence electrons. The standard InChI is InChI=1S/C21H20O3/c1-14(16-10-9-15-7-5-6-8-17(15)11-16)18-12-19(22-2)21(24-4)20(13-18)23-3/h5-13H,1H2,2-4H3. The highest BCUT2D eigenvalue weighted by atomic mass is 16.5. The normalized spacial score (nSPS) is 10.5. The summed E-state index contributed by atoms with van der Waals surface area (Å²) in [6.45, 7) is 4.26. The predicted octanol–water partition coefficient (Wildman–Crippen LogP) is 4.93. The van der Waals surface area contributed by atoms with Crippen LogP contribution < -0.4 is 14.2 Å². The summed E-state index contributed by atoms with van der Waals surface area (Å²) < 4.78 is 16.2. The zero-order valence-corrected chi connectivity index (χ0v) is 14.1. The van der Waals surface area contributed by atoms with E-state index in [9.17, 15) is 0 Å². The van der Waals surface area contributed by atoms with Crippen LogP contribution in [0.5, 0.6) is 17.2 Å². The first-order chi connectivity index (χ1) is 11.7. The lowest BCUT2D eigenvalue weighted by atomic mass is 9.96. The van der Waals surface area contributed by atoms with Gasteiger partial charge >= 0.3 is 0 Å². The molecule has 0 aliphatic rings. The summed E-state index contributed by atoms with van der Waals surface area (Å²) in [7, 11) is 4.82. The maximum absolute atomic E-state index is 5.43. The molecule has 0 aliphatic heterocycles. The number of ether oxygens (including phenoxy) is 3. The zero-order valence-electron chi connectivity index (χ0n) is 14.1. The van der Waals surface area contributed by atoms with Crippen LogP contribution >= 0.6 is 0 Å². The second-order valence-corrected chi connectivity index (χ2v) is 5.45. The van der Waals surface area contributed by atoms with Gasteiger partial charge in [0, 0.05) is 0 Å². The van der Waals surface area contributed by atoms with Crippen LogP contribution in [0.15, 0.2) is 61.2 Å². The third kappa shape index (κ3) is 2.81. The first-order valence-electron chi connectivity index (χ1n) is 7.66. The van der Waals surface area contributed by atoms with Crippen molar-refractivity contribution < 1.29 is 14.2 Å². The minimum Gasteiger partial charge on any atom is -0.493 e. The summed E-state index contributed by atoms with van der Waals surface area (Å²) in [5.41, 5.74) is 2.89. The highest BCUT2D eigenvalue weighted by molar-refractivity contribution is 5.89. The molecule has 3 aromatic rings. The molecule has 0 N–H and O–H groups in total. The van der Waals surface area contributed by atoms with Crippen LogP contribution in [-0.2, 0) is 0 Å². The molecule has 0 aromatic heterocycles. The molecule has 0 saturated heterocycles. The Morgan fingerprint density at radius 2 is 1.33 bits per heavy atom. The molecular weight excluding hydrogens is 300 g/mol. The molecule has 3 rings (SSSR count). The van der Waals surface area contributed by atoms with Gasteiger partial charge in [-0.2, -0.15) is 0 Å². The topological polar surface area (TPSA) is 27.7 Å². The van der Waals surface area contributed by atoms with Crippen molar-refractivity contribution >= 4 is 16.3 Å². The maximum atomic E-state index is 5.43. The Morgan fingerprint density at radius 1 is 0.708 bits per heavy atom. The van der Waals surface area contributed by atoms with Crippen molar-refractivity contribution in [2.75, 3.05) is 21.3 Å². The second-order valence-electron chi connectivity index (χ2n) is 5.45. The first kappa shape index (κ1) is 15.9.